The van der Waals surface area contributed by atoms with Crippen molar-refractivity contribution in [3.05, 3.63) is 0 Å². The van der Waals surface area contributed by atoms with E-state index in [1.54, 1.807) is 0 Å². The number of aliphatic carboxylic acids is 3. The normalized spacial score (nSPS) is 54.6. The minimum Gasteiger partial charge on any atom is -0.481 e. The average Bonchev–Trinajstić information content (AvgIpc) is 3.01. The van der Waals surface area contributed by atoms with Crippen LogP contribution in [-0.4, -0.2) is 55.6 Å². The summed E-state index contributed by atoms with van der Waals surface area (Å²) >= 11 is 0. The highest BCUT2D eigenvalue weighted by atomic mass is 16.4. The maximum atomic E-state index is 12.7. The van der Waals surface area contributed by atoms with Gasteiger partial charge in [-0.05, 0) is 62.2 Å². The fourth-order valence-electron chi connectivity index (χ4n) is 8.17. The van der Waals surface area contributed by atoms with E-state index >= 15 is 0 Å². The zero-order valence-electron chi connectivity index (χ0n) is 16.0. The molecule has 4 saturated carbocycles. The molecule has 10 unspecified atom stereocenters. The monoisotopic (exact) mass is 396 g/mol. The first-order valence-electron chi connectivity index (χ1n) is 10.00. The molecule has 0 aliphatic heterocycles. The molecule has 28 heavy (non-hydrogen) atoms. The van der Waals surface area contributed by atoms with E-state index in [2.05, 4.69) is 6.92 Å². The molecule has 0 aromatic rings. The molecule has 0 radical (unpaired) electrons. The lowest BCUT2D eigenvalue weighted by molar-refractivity contribution is -0.211. The second kappa shape index (κ2) is 5.69. The van der Waals surface area contributed by atoms with Crippen LogP contribution in [0.3, 0.4) is 0 Å². The summed E-state index contributed by atoms with van der Waals surface area (Å²) in [6.45, 7) is 3.26. The lowest BCUT2D eigenvalue weighted by Gasteiger charge is -2.53. The third-order valence-electron chi connectivity index (χ3n) is 9.10. The molecule has 0 amide bonds. The molecule has 156 valence electrons. The van der Waals surface area contributed by atoms with Gasteiger partial charge in [0.15, 0.2) is 0 Å². The Morgan fingerprint density at radius 2 is 1.57 bits per heavy atom. The number of carbonyl (C=O) groups is 3. The lowest BCUT2D eigenvalue weighted by atomic mass is 9.50. The van der Waals surface area contributed by atoms with Gasteiger partial charge in [0.1, 0.15) is 0 Å². The van der Waals surface area contributed by atoms with Gasteiger partial charge in [0.25, 0.3) is 0 Å². The molecule has 10 atom stereocenters. The van der Waals surface area contributed by atoms with Gasteiger partial charge in [-0.2, -0.15) is 0 Å². The summed E-state index contributed by atoms with van der Waals surface area (Å²) in [5.41, 5.74) is -4.55. The van der Waals surface area contributed by atoms with Gasteiger partial charge in [0.05, 0.1) is 29.0 Å². The molecule has 4 aliphatic carbocycles. The molecule has 8 nitrogen and oxygen atoms in total. The van der Waals surface area contributed by atoms with Gasteiger partial charge >= 0.3 is 17.9 Å². The Labute approximate surface area is 162 Å². The molecular weight excluding hydrogens is 368 g/mol. The molecule has 2 bridgehead atoms. The summed E-state index contributed by atoms with van der Waals surface area (Å²) < 4.78 is 0. The quantitative estimate of drug-likeness (QED) is 0.474. The van der Waals surface area contributed by atoms with Crippen LogP contribution < -0.4 is 0 Å². The molecule has 4 rings (SSSR count). The van der Waals surface area contributed by atoms with Crippen molar-refractivity contribution in [1.29, 1.82) is 0 Å². The van der Waals surface area contributed by atoms with E-state index in [9.17, 15) is 39.9 Å². The van der Waals surface area contributed by atoms with Crippen molar-refractivity contribution < 1.29 is 39.9 Å². The topological polar surface area (TPSA) is 152 Å². The standard InChI is InChI=1S/C20H28O8/c1-8-5-19-6-9(8)3-4-11(19)20(17(27)28)7-10(21)14(22)18(2,16(25)26)13(20)12(19)15(23)24/h8-14,21-22H,3-7H2,1-2H3,(H,23,24)(H,25,26)(H,27,28). The van der Waals surface area contributed by atoms with Crippen LogP contribution in [-0.2, 0) is 14.4 Å². The van der Waals surface area contributed by atoms with Crippen LogP contribution in [0.4, 0.5) is 0 Å². The molecule has 5 N–H and O–H groups in total. The van der Waals surface area contributed by atoms with Gasteiger partial charge < -0.3 is 25.5 Å². The van der Waals surface area contributed by atoms with Crippen molar-refractivity contribution in [3.63, 3.8) is 0 Å². The van der Waals surface area contributed by atoms with Gasteiger partial charge in [0, 0.05) is 5.92 Å². The van der Waals surface area contributed by atoms with E-state index in [-0.39, 0.29) is 12.3 Å². The number of aliphatic hydroxyl groups is 2. The highest BCUT2D eigenvalue weighted by Crippen LogP contribution is 2.77. The molecule has 0 heterocycles. The van der Waals surface area contributed by atoms with E-state index in [1.165, 1.54) is 6.92 Å². The van der Waals surface area contributed by atoms with Crippen LogP contribution in [0.25, 0.3) is 0 Å². The number of carboxylic acid groups (broad SMARTS) is 3. The van der Waals surface area contributed by atoms with Crippen molar-refractivity contribution in [2.45, 2.75) is 58.2 Å². The molecule has 0 saturated heterocycles. The maximum Gasteiger partial charge on any atom is 0.312 e. The third kappa shape index (κ3) is 1.95. The van der Waals surface area contributed by atoms with E-state index in [4.69, 9.17) is 0 Å². The second-order valence-electron chi connectivity index (χ2n) is 9.95. The summed E-state index contributed by atoms with van der Waals surface area (Å²) in [7, 11) is 0. The Morgan fingerprint density at radius 1 is 0.929 bits per heavy atom. The predicted octanol–water partition coefficient (Wildman–Crippen LogP) is 1.05. The predicted molar refractivity (Wildman–Crippen MR) is 94.1 cm³/mol. The number of carboxylic acids is 3. The number of aliphatic hydroxyl groups excluding tert-OH is 2. The fraction of sp³-hybridized carbons (Fsp3) is 0.850. The van der Waals surface area contributed by atoms with Gasteiger partial charge in [-0.3, -0.25) is 14.4 Å². The second-order valence-corrected chi connectivity index (χ2v) is 9.95. The SMILES string of the molecule is CC1CC23CC1CCC2C1(C(=O)O)CC(O)C(O)C(C)(C(=O)O)C1C3C(=O)O. The lowest BCUT2D eigenvalue weighted by Crippen LogP contribution is -2.65. The van der Waals surface area contributed by atoms with E-state index in [0.717, 1.165) is 6.42 Å². The van der Waals surface area contributed by atoms with Crippen molar-refractivity contribution >= 4 is 17.9 Å². The first-order chi connectivity index (χ1) is 12.9. The Balaban J connectivity index is 2.03. The Hall–Kier alpha value is -1.67. The summed E-state index contributed by atoms with van der Waals surface area (Å²) in [5, 5.41) is 51.8. The van der Waals surface area contributed by atoms with Crippen molar-refractivity contribution in [2.75, 3.05) is 0 Å². The van der Waals surface area contributed by atoms with E-state index < -0.39 is 64.1 Å². The van der Waals surface area contributed by atoms with Crippen LogP contribution in [0.5, 0.6) is 0 Å². The zero-order chi connectivity index (χ0) is 20.8. The first kappa shape index (κ1) is 19.6. The van der Waals surface area contributed by atoms with E-state index in [1.807, 2.05) is 0 Å². The highest BCUT2D eigenvalue weighted by molar-refractivity contribution is 5.86. The van der Waals surface area contributed by atoms with Crippen molar-refractivity contribution in [3.8, 4) is 0 Å². The zero-order valence-corrected chi connectivity index (χ0v) is 16.0. The van der Waals surface area contributed by atoms with Crippen molar-refractivity contribution in [2.24, 2.45) is 45.8 Å². The number of hydrogen-bond acceptors (Lipinski definition) is 5. The third-order valence-corrected chi connectivity index (χ3v) is 9.10. The average molecular weight is 396 g/mol. The smallest absolute Gasteiger partial charge is 0.312 e. The number of hydrogen-bond donors (Lipinski definition) is 5. The molecule has 4 aliphatic rings. The van der Waals surface area contributed by atoms with Crippen LogP contribution in [0.1, 0.15) is 46.0 Å². The summed E-state index contributed by atoms with van der Waals surface area (Å²) in [6.07, 6.45) is -1.16. The summed E-state index contributed by atoms with van der Waals surface area (Å²) in [5.74, 6) is -6.35. The van der Waals surface area contributed by atoms with Gasteiger partial charge in [-0.25, -0.2) is 0 Å². The van der Waals surface area contributed by atoms with Crippen LogP contribution in [0.2, 0.25) is 0 Å². The minimum absolute atomic E-state index is 0.240. The van der Waals surface area contributed by atoms with Gasteiger partial charge in [-0.1, -0.05) is 6.92 Å². The van der Waals surface area contributed by atoms with Crippen LogP contribution >= 0.6 is 0 Å². The first-order valence-corrected chi connectivity index (χ1v) is 10.00. The van der Waals surface area contributed by atoms with Gasteiger partial charge in [-0.15, -0.1) is 0 Å². The molecular formula is C20H28O8. The molecule has 4 fully saturated rings. The number of fused-ring (bicyclic) bond motifs is 3. The summed E-state index contributed by atoms with van der Waals surface area (Å²) in [6, 6.07) is 0. The number of rotatable bonds is 3. The Morgan fingerprint density at radius 3 is 2.11 bits per heavy atom. The maximum absolute atomic E-state index is 12.7. The Bertz CT molecular complexity index is 746. The molecule has 1 spiro atoms. The summed E-state index contributed by atoms with van der Waals surface area (Å²) in [4.78, 5) is 37.6. The fourth-order valence-corrected chi connectivity index (χ4v) is 8.17. The molecule has 0 aromatic heterocycles. The molecule has 0 aromatic carbocycles. The highest BCUT2D eigenvalue weighted by Gasteiger charge is 2.81. The van der Waals surface area contributed by atoms with Crippen LogP contribution in [0, 0.1) is 45.8 Å². The minimum atomic E-state index is -2.06. The van der Waals surface area contributed by atoms with Gasteiger partial charge in [0.2, 0.25) is 0 Å². The van der Waals surface area contributed by atoms with E-state index in [0.29, 0.717) is 25.2 Å². The van der Waals surface area contributed by atoms with Crippen LogP contribution in [0.15, 0.2) is 0 Å². The largest absolute Gasteiger partial charge is 0.481 e. The Kier molecular flexibility index (Phi) is 3.99. The molecule has 8 heteroatoms. The van der Waals surface area contributed by atoms with Crippen molar-refractivity contribution in [1.82, 2.24) is 0 Å².